The van der Waals surface area contributed by atoms with Gasteiger partial charge in [-0.05, 0) is 166 Å². The highest BCUT2D eigenvalue weighted by molar-refractivity contribution is 6.71. The van der Waals surface area contributed by atoms with Gasteiger partial charge in [0.25, 0.3) is 0 Å². The number of H-pyrrole nitrogens is 1. The van der Waals surface area contributed by atoms with Gasteiger partial charge in [-0.2, -0.15) is 0 Å². The molecule has 1 atom stereocenters. The predicted octanol–water partition coefficient (Wildman–Crippen LogP) is 15.9. The third-order valence-corrected chi connectivity index (χ3v) is 14.6. The molecule has 1 unspecified atom stereocenters. The first-order valence-electron chi connectivity index (χ1n) is 24.8. The Balaban J connectivity index is 1.11. The predicted molar refractivity (Wildman–Crippen MR) is 296 cm³/mol. The largest absolute Gasteiger partial charge is 0.362 e. The number of benzene rings is 7. The van der Waals surface area contributed by atoms with Crippen LogP contribution in [0.1, 0.15) is 48.8 Å². The number of hydrogen-bond acceptors (Lipinski definition) is 1. The molecule has 0 saturated heterocycles. The van der Waals surface area contributed by atoms with E-state index in [1.54, 1.807) is 0 Å². The number of aromatic amines is 1. The average Bonchev–Trinajstić information content (AvgIpc) is 3.78. The van der Waals surface area contributed by atoms with Gasteiger partial charge in [-0.25, -0.2) is 0 Å². The van der Waals surface area contributed by atoms with Crippen molar-refractivity contribution in [2.24, 2.45) is 5.92 Å². The molecule has 12 rings (SSSR count). The SMILES string of the molecule is Cc1cc(-c2cc(-c3ccccc3)cc3c2[nH]c2ccc(-c4ccccc4)cc23)c2c(c1CC1C=C3CCC=CC3=CC1)N/C=C/C(C1=CCCC=C1)=C\C=C/c1cc(-c3ccccc3)ccc1[B]2. The maximum absolute atomic E-state index is 4.04. The molecule has 0 saturated carbocycles. The number of hydrogen-bond donors (Lipinski definition) is 2. The molecule has 331 valence electrons. The summed E-state index contributed by atoms with van der Waals surface area (Å²) in [7, 11) is 2.46. The Morgan fingerprint density at radius 3 is 2.06 bits per heavy atom. The van der Waals surface area contributed by atoms with Gasteiger partial charge in [0.05, 0.1) is 5.52 Å². The zero-order valence-electron chi connectivity index (χ0n) is 39.2. The first kappa shape index (κ1) is 42.5. The Labute approximate surface area is 407 Å². The fraction of sp³-hybridized carbons (Fsp3) is 0.121. The van der Waals surface area contributed by atoms with Gasteiger partial charge in [0.1, 0.15) is 0 Å². The van der Waals surface area contributed by atoms with Gasteiger partial charge in [-0.1, -0.05) is 187 Å². The summed E-state index contributed by atoms with van der Waals surface area (Å²) in [6.45, 7) is 2.34. The van der Waals surface area contributed by atoms with Crippen LogP contribution in [0.4, 0.5) is 5.69 Å². The second kappa shape index (κ2) is 18.7. The fourth-order valence-electron chi connectivity index (χ4n) is 11.0. The van der Waals surface area contributed by atoms with E-state index in [0.29, 0.717) is 5.92 Å². The summed E-state index contributed by atoms with van der Waals surface area (Å²) in [5, 5.41) is 6.48. The van der Waals surface area contributed by atoms with Crippen molar-refractivity contribution in [2.75, 3.05) is 5.32 Å². The molecule has 1 aliphatic heterocycles. The normalized spacial score (nSPS) is 18.1. The third-order valence-electron chi connectivity index (χ3n) is 14.6. The highest BCUT2D eigenvalue weighted by Gasteiger charge is 2.25. The molecule has 3 aliphatic carbocycles. The number of aromatic nitrogens is 1. The van der Waals surface area contributed by atoms with Crippen LogP contribution < -0.4 is 16.2 Å². The maximum Gasteiger partial charge on any atom is 0.195 e. The number of anilines is 1. The molecule has 3 heteroatoms. The van der Waals surface area contributed by atoms with Crippen molar-refractivity contribution in [3.05, 3.63) is 252 Å². The minimum Gasteiger partial charge on any atom is -0.362 e. The second-order valence-electron chi connectivity index (χ2n) is 19.0. The van der Waals surface area contributed by atoms with Crippen LogP contribution in [0, 0.1) is 12.8 Å². The van der Waals surface area contributed by atoms with Crippen LogP contribution in [0.15, 0.2) is 235 Å². The minimum absolute atomic E-state index is 0.397. The van der Waals surface area contributed by atoms with Crippen LogP contribution in [0.3, 0.4) is 0 Å². The van der Waals surface area contributed by atoms with Crippen LogP contribution in [0.25, 0.3) is 72.4 Å². The number of aryl methyl sites for hydroxylation is 1. The summed E-state index contributed by atoms with van der Waals surface area (Å²) < 4.78 is 0. The van der Waals surface area contributed by atoms with E-state index in [1.165, 1.54) is 105 Å². The summed E-state index contributed by atoms with van der Waals surface area (Å²) in [6.07, 6.45) is 34.2. The second-order valence-corrected chi connectivity index (χ2v) is 19.0. The van der Waals surface area contributed by atoms with Crippen molar-refractivity contribution in [3.8, 4) is 44.5 Å². The molecule has 1 aromatic heterocycles. The molecule has 0 fully saturated rings. The molecule has 7 aromatic carbocycles. The highest BCUT2D eigenvalue weighted by Crippen LogP contribution is 2.41. The van der Waals surface area contributed by atoms with Gasteiger partial charge >= 0.3 is 0 Å². The third kappa shape index (κ3) is 8.55. The van der Waals surface area contributed by atoms with Crippen LogP contribution in [0.5, 0.6) is 0 Å². The number of rotatable bonds is 7. The first-order chi connectivity index (χ1) is 34.1. The van der Waals surface area contributed by atoms with Crippen LogP contribution >= 0.6 is 0 Å². The monoisotopic (exact) mass is 885 g/mol. The quantitative estimate of drug-likeness (QED) is 0.153. The fourth-order valence-corrected chi connectivity index (χ4v) is 11.0. The Bertz CT molecular complexity index is 3540. The molecule has 8 aromatic rings. The Morgan fingerprint density at radius 1 is 0.580 bits per heavy atom. The molecule has 2 heterocycles. The van der Waals surface area contributed by atoms with Gasteiger partial charge in [-0.3, -0.25) is 0 Å². The molecular weight excluding hydrogens is 832 g/mol. The van der Waals surface area contributed by atoms with E-state index in [-0.39, 0.29) is 0 Å². The lowest BCUT2D eigenvalue weighted by Gasteiger charge is -2.27. The summed E-state index contributed by atoms with van der Waals surface area (Å²) in [4.78, 5) is 3.99. The summed E-state index contributed by atoms with van der Waals surface area (Å²) in [6, 6.07) is 53.6. The highest BCUT2D eigenvalue weighted by atomic mass is 14.8. The zero-order chi connectivity index (χ0) is 46.1. The zero-order valence-corrected chi connectivity index (χ0v) is 39.2. The van der Waals surface area contributed by atoms with Gasteiger partial charge in [-0.15, -0.1) is 0 Å². The topological polar surface area (TPSA) is 27.8 Å². The van der Waals surface area contributed by atoms with E-state index >= 15 is 0 Å². The number of fused-ring (bicyclic) bond motifs is 6. The lowest BCUT2D eigenvalue weighted by atomic mass is 9.58. The average molecular weight is 886 g/mol. The van der Waals surface area contributed by atoms with Crippen LogP contribution in [0.2, 0.25) is 0 Å². The van der Waals surface area contributed by atoms with Crippen molar-refractivity contribution in [3.63, 3.8) is 0 Å². The molecular formula is C66H54BN2. The van der Waals surface area contributed by atoms with E-state index in [4.69, 9.17) is 0 Å². The summed E-state index contributed by atoms with van der Waals surface area (Å²) >= 11 is 0. The lowest BCUT2D eigenvalue weighted by molar-refractivity contribution is 0.637. The van der Waals surface area contributed by atoms with Crippen LogP contribution in [-0.2, 0) is 6.42 Å². The summed E-state index contributed by atoms with van der Waals surface area (Å²) in [5.41, 5.74) is 24.5. The number of nitrogens with one attached hydrogen (secondary N) is 2. The summed E-state index contributed by atoms with van der Waals surface area (Å²) in [5.74, 6) is 0.397. The van der Waals surface area contributed by atoms with Crippen molar-refractivity contribution < 1.29 is 0 Å². The van der Waals surface area contributed by atoms with Crippen molar-refractivity contribution >= 4 is 51.8 Å². The molecule has 4 aliphatic rings. The Kier molecular flexibility index (Phi) is 11.5. The molecule has 69 heavy (non-hydrogen) atoms. The van der Waals surface area contributed by atoms with Gasteiger partial charge < -0.3 is 10.3 Å². The molecule has 0 spiro atoms. The van der Waals surface area contributed by atoms with Gasteiger partial charge in [0.15, 0.2) is 7.28 Å². The van der Waals surface area contributed by atoms with Gasteiger partial charge in [0.2, 0.25) is 0 Å². The van der Waals surface area contributed by atoms with Crippen LogP contribution in [-0.4, -0.2) is 12.3 Å². The van der Waals surface area contributed by atoms with Crippen molar-refractivity contribution in [2.45, 2.75) is 45.4 Å². The minimum atomic E-state index is 0.397. The van der Waals surface area contributed by atoms with Crippen molar-refractivity contribution in [1.29, 1.82) is 0 Å². The standard InChI is InChI=1S/C66H54BN2/c1-44-37-59(61-43-56(49-23-12-5-13-24-49)42-60-58-41-54(48-21-10-4-11-22-48)32-34-63(58)69-65(60)61)64-66(57(44)39-45-29-30-50-25-14-15-26-52(50)38-45)68-36-35-51(46-17-6-2-7-18-46)27-16-28-55-40-53(31-33-62(55)67-64)47-19-8-3-9-20-47/h3-6,8-14,16-25,27-28,30-38,40-43,45,68-69H,2,7,15,26,29,39H2,1H3/b28-16-,36-35+,51-27+. The maximum atomic E-state index is 4.04. The van der Waals surface area contributed by atoms with E-state index in [1.807, 2.05) is 0 Å². The lowest BCUT2D eigenvalue weighted by Crippen LogP contribution is -2.34. The van der Waals surface area contributed by atoms with E-state index < -0.39 is 0 Å². The van der Waals surface area contributed by atoms with E-state index in [9.17, 15) is 0 Å². The molecule has 2 nitrogen and oxygen atoms in total. The smallest absolute Gasteiger partial charge is 0.195 e. The Morgan fingerprint density at radius 2 is 1.29 bits per heavy atom. The molecule has 1 radical (unpaired) electrons. The van der Waals surface area contributed by atoms with E-state index in [0.717, 1.165) is 55.2 Å². The van der Waals surface area contributed by atoms with Gasteiger partial charge in [0, 0.05) is 33.7 Å². The Hall–Kier alpha value is -7.88. The van der Waals surface area contributed by atoms with E-state index in [2.05, 4.69) is 243 Å². The number of allylic oxidation sites excluding steroid dienone is 14. The molecule has 0 amide bonds. The molecule has 2 N–H and O–H groups in total. The first-order valence-corrected chi connectivity index (χ1v) is 24.8. The molecule has 0 bridgehead atoms. The van der Waals surface area contributed by atoms with Crippen molar-refractivity contribution in [1.82, 2.24) is 4.98 Å².